The predicted octanol–water partition coefficient (Wildman–Crippen LogP) is 1.01. The largest absolute Gasteiger partial charge is 0.353 e. The zero-order valence-corrected chi connectivity index (χ0v) is 12.8. The van der Waals surface area contributed by atoms with E-state index in [9.17, 15) is 4.79 Å². The average molecular weight is 285 g/mol. The molecule has 1 aromatic heterocycles. The number of nitrogens with zero attached hydrogens (tertiary/aromatic N) is 3. The third kappa shape index (κ3) is 4.50. The topological polar surface area (TPSA) is 85.8 Å². The van der Waals surface area contributed by atoms with Crippen LogP contribution in [0.1, 0.15) is 33.5 Å². The number of carbonyl (C=O) groups is 1. The molecule has 1 heterocycles. The van der Waals surface area contributed by atoms with Gasteiger partial charge in [-0.2, -0.15) is 0 Å². The molecule has 6 nitrogen and oxygen atoms in total. The van der Waals surface area contributed by atoms with Crippen LogP contribution in [0.5, 0.6) is 0 Å². The van der Waals surface area contributed by atoms with Gasteiger partial charge in [0.1, 0.15) is 5.82 Å². The molecule has 0 spiro atoms. The molecule has 0 aliphatic rings. The Hall–Kier alpha value is -1.08. The third-order valence-electron chi connectivity index (χ3n) is 3.01. The summed E-state index contributed by atoms with van der Waals surface area (Å²) in [6, 6.07) is 0.178. The highest BCUT2D eigenvalue weighted by Gasteiger charge is 2.14. The minimum Gasteiger partial charge on any atom is -0.353 e. The maximum atomic E-state index is 11.8. The number of hydrogen-bond acceptors (Lipinski definition) is 5. The van der Waals surface area contributed by atoms with Crippen molar-refractivity contribution in [1.29, 1.82) is 0 Å². The maximum Gasteiger partial charge on any atom is 0.230 e. The molecule has 7 heteroatoms. The normalized spacial score (nSPS) is 12.7. The minimum absolute atomic E-state index is 0.0196. The Kier molecular flexibility index (Phi) is 6.30. The SMILES string of the molecule is CCn1c(CN)nnc1SCC(=O)NC(C)C(C)C. The van der Waals surface area contributed by atoms with Gasteiger partial charge in [0.2, 0.25) is 5.91 Å². The highest BCUT2D eigenvalue weighted by atomic mass is 32.2. The fourth-order valence-corrected chi connectivity index (χ4v) is 2.32. The molecule has 1 rings (SSSR count). The minimum atomic E-state index is 0.0196. The lowest BCUT2D eigenvalue weighted by Crippen LogP contribution is -2.37. The van der Waals surface area contributed by atoms with Crippen molar-refractivity contribution in [2.24, 2.45) is 11.7 Å². The lowest BCUT2D eigenvalue weighted by Gasteiger charge is -2.17. The number of nitrogens with two attached hydrogens (primary N) is 1. The third-order valence-corrected chi connectivity index (χ3v) is 3.98. The molecule has 0 aliphatic heterocycles. The van der Waals surface area contributed by atoms with E-state index in [1.165, 1.54) is 11.8 Å². The molecule has 0 aromatic carbocycles. The summed E-state index contributed by atoms with van der Waals surface area (Å²) in [5, 5.41) is 11.8. The van der Waals surface area contributed by atoms with Gasteiger partial charge in [-0.15, -0.1) is 10.2 Å². The fraction of sp³-hybridized carbons (Fsp3) is 0.750. The Labute approximate surface area is 118 Å². The van der Waals surface area contributed by atoms with Crippen LogP contribution in [0.15, 0.2) is 5.16 Å². The first kappa shape index (κ1) is 16.0. The molecule has 1 atom stereocenters. The summed E-state index contributed by atoms with van der Waals surface area (Å²) in [5.74, 6) is 1.55. The Balaban J connectivity index is 2.53. The van der Waals surface area contributed by atoms with E-state index in [-0.39, 0.29) is 11.9 Å². The zero-order valence-electron chi connectivity index (χ0n) is 12.0. The summed E-state index contributed by atoms with van der Waals surface area (Å²) in [5.41, 5.74) is 5.58. The number of thioether (sulfide) groups is 1. The second-order valence-corrected chi connectivity index (χ2v) is 5.68. The summed E-state index contributed by atoms with van der Waals surface area (Å²) < 4.78 is 1.93. The number of nitrogens with one attached hydrogen (secondary N) is 1. The summed E-state index contributed by atoms with van der Waals surface area (Å²) in [6.45, 7) is 9.30. The van der Waals surface area contributed by atoms with Crippen molar-refractivity contribution in [2.75, 3.05) is 5.75 Å². The molecule has 0 radical (unpaired) electrons. The highest BCUT2D eigenvalue weighted by Crippen LogP contribution is 2.16. The van der Waals surface area contributed by atoms with E-state index in [2.05, 4.69) is 29.4 Å². The number of amides is 1. The molecule has 19 heavy (non-hydrogen) atoms. The van der Waals surface area contributed by atoms with Gasteiger partial charge in [-0.25, -0.2) is 0 Å². The molecule has 0 bridgehead atoms. The van der Waals surface area contributed by atoms with Crippen molar-refractivity contribution in [2.45, 2.75) is 52.0 Å². The van der Waals surface area contributed by atoms with Crippen LogP contribution < -0.4 is 11.1 Å². The van der Waals surface area contributed by atoms with Gasteiger partial charge in [-0.3, -0.25) is 4.79 Å². The summed E-state index contributed by atoms with van der Waals surface area (Å²) in [6.07, 6.45) is 0. The summed E-state index contributed by atoms with van der Waals surface area (Å²) >= 11 is 1.39. The van der Waals surface area contributed by atoms with E-state index in [0.29, 0.717) is 18.2 Å². The van der Waals surface area contributed by atoms with Crippen molar-refractivity contribution in [3.05, 3.63) is 5.82 Å². The zero-order chi connectivity index (χ0) is 14.4. The van der Waals surface area contributed by atoms with Crippen molar-refractivity contribution in [3.8, 4) is 0 Å². The molecule has 1 unspecified atom stereocenters. The fourth-order valence-electron chi connectivity index (χ4n) is 1.49. The average Bonchev–Trinajstić information content (AvgIpc) is 2.77. The Morgan fingerprint density at radius 2 is 2.11 bits per heavy atom. The van der Waals surface area contributed by atoms with E-state index in [0.717, 1.165) is 17.5 Å². The van der Waals surface area contributed by atoms with Crippen LogP contribution in [0.3, 0.4) is 0 Å². The van der Waals surface area contributed by atoms with Crippen LogP contribution in [0.4, 0.5) is 0 Å². The first-order chi connectivity index (χ1) is 8.99. The second kappa shape index (κ2) is 7.49. The van der Waals surface area contributed by atoms with Gasteiger partial charge in [-0.05, 0) is 19.8 Å². The van der Waals surface area contributed by atoms with Gasteiger partial charge < -0.3 is 15.6 Å². The van der Waals surface area contributed by atoms with Gasteiger partial charge in [-0.1, -0.05) is 25.6 Å². The molecule has 3 N–H and O–H groups in total. The second-order valence-electron chi connectivity index (χ2n) is 4.74. The van der Waals surface area contributed by atoms with Crippen molar-refractivity contribution in [3.63, 3.8) is 0 Å². The highest BCUT2D eigenvalue weighted by molar-refractivity contribution is 7.99. The molecule has 0 saturated carbocycles. The van der Waals surface area contributed by atoms with E-state index < -0.39 is 0 Å². The summed E-state index contributed by atoms with van der Waals surface area (Å²) in [7, 11) is 0. The monoisotopic (exact) mass is 285 g/mol. The van der Waals surface area contributed by atoms with Gasteiger partial charge in [0.05, 0.1) is 12.3 Å². The van der Waals surface area contributed by atoms with Crippen LogP contribution in [0.2, 0.25) is 0 Å². The standard InChI is InChI=1S/C12H23N5OS/c1-5-17-10(6-13)15-16-12(17)19-7-11(18)14-9(4)8(2)3/h8-9H,5-7,13H2,1-4H3,(H,14,18). The van der Waals surface area contributed by atoms with Crippen LogP contribution in [-0.4, -0.2) is 32.5 Å². The predicted molar refractivity (Wildman–Crippen MR) is 76.8 cm³/mol. The van der Waals surface area contributed by atoms with Gasteiger partial charge in [0, 0.05) is 12.6 Å². The molecule has 0 aliphatic carbocycles. The molecule has 1 aromatic rings. The van der Waals surface area contributed by atoms with Crippen LogP contribution in [0.25, 0.3) is 0 Å². The first-order valence-electron chi connectivity index (χ1n) is 6.53. The van der Waals surface area contributed by atoms with E-state index in [1.807, 2.05) is 18.4 Å². The Bertz CT molecular complexity index is 418. The number of rotatable bonds is 7. The number of carbonyl (C=O) groups excluding carboxylic acids is 1. The molecule has 0 saturated heterocycles. The van der Waals surface area contributed by atoms with Crippen molar-refractivity contribution in [1.82, 2.24) is 20.1 Å². The van der Waals surface area contributed by atoms with Gasteiger partial charge in [0.15, 0.2) is 5.16 Å². The molecule has 0 fully saturated rings. The number of aromatic nitrogens is 3. The molecule has 1 amide bonds. The maximum absolute atomic E-state index is 11.8. The Morgan fingerprint density at radius 3 is 2.63 bits per heavy atom. The van der Waals surface area contributed by atoms with Crippen molar-refractivity contribution < 1.29 is 4.79 Å². The lowest BCUT2D eigenvalue weighted by molar-refractivity contribution is -0.119. The van der Waals surface area contributed by atoms with E-state index in [4.69, 9.17) is 5.73 Å². The van der Waals surface area contributed by atoms with Gasteiger partial charge >= 0.3 is 0 Å². The lowest BCUT2D eigenvalue weighted by atomic mass is 10.1. The first-order valence-corrected chi connectivity index (χ1v) is 7.52. The molecular formula is C12H23N5OS. The van der Waals surface area contributed by atoms with Crippen molar-refractivity contribution >= 4 is 17.7 Å². The quantitative estimate of drug-likeness (QED) is 0.730. The summed E-state index contributed by atoms with van der Waals surface area (Å²) in [4.78, 5) is 11.8. The molecule has 108 valence electrons. The van der Waals surface area contributed by atoms with Crippen LogP contribution >= 0.6 is 11.8 Å². The number of hydrogen-bond donors (Lipinski definition) is 2. The molecular weight excluding hydrogens is 262 g/mol. The van der Waals surface area contributed by atoms with Gasteiger partial charge in [0.25, 0.3) is 0 Å². The van der Waals surface area contributed by atoms with E-state index in [1.54, 1.807) is 0 Å². The van der Waals surface area contributed by atoms with E-state index >= 15 is 0 Å². The van der Waals surface area contributed by atoms with Crippen LogP contribution in [0, 0.1) is 5.92 Å². The Morgan fingerprint density at radius 1 is 1.42 bits per heavy atom. The van der Waals surface area contributed by atoms with Crippen LogP contribution in [-0.2, 0) is 17.9 Å². The smallest absolute Gasteiger partial charge is 0.230 e.